The summed E-state index contributed by atoms with van der Waals surface area (Å²) in [5.41, 5.74) is 2.12. The van der Waals surface area contributed by atoms with Crippen LogP contribution in [0.3, 0.4) is 0 Å². The highest BCUT2D eigenvalue weighted by atomic mass is 32.2. The normalized spacial score (nSPS) is 17.6. The molecule has 35 heavy (non-hydrogen) atoms. The number of carbonyl (C=O) groups is 2. The summed E-state index contributed by atoms with van der Waals surface area (Å²) < 4.78 is 35.2. The topological polar surface area (TPSA) is 98.0 Å². The minimum Gasteiger partial charge on any atom is -0.465 e. The molecule has 1 aliphatic rings. The molecule has 0 N–H and O–H groups in total. The number of hydrogen-bond acceptors (Lipinski definition) is 6. The summed E-state index contributed by atoms with van der Waals surface area (Å²) in [5, 5.41) is 0. The largest absolute Gasteiger partial charge is 0.465 e. The summed E-state index contributed by atoms with van der Waals surface area (Å²) in [6, 6.07) is 11.7. The summed E-state index contributed by atoms with van der Waals surface area (Å²) in [6.45, 7) is 6.97. The molecule has 1 aliphatic heterocycles. The van der Waals surface area contributed by atoms with Crippen LogP contribution >= 0.6 is 11.3 Å². The van der Waals surface area contributed by atoms with Crippen LogP contribution in [0.25, 0.3) is 10.2 Å². The van der Waals surface area contributed by atoms with E-state index in [-0.39, 0.29) is 23.6 Å². The van der Waals surface area contributed by atoms with E-state index in [0.29, 0.717) is 23.8 Å². The maximum atomic E-state index is 13.0. The molecule has 4 rings (SSSR count). The Morgan fingerprint density at radius 2 is 1.91 bits per heavy atom. The number of aryl methyl sites for hydroxylation is 1. The SMILES string of the molecule is CCOC(=O)Cn1c(=NC(=O)c2ccc(S(=O)(=O)N3CCC[C@H](C)C3)cc2)sc2cc(C)ccc21. The van der Waals surface area contributed by atoms with Crippen molar-refractivity contribution in [3.8, 4) is 0 Å². The van der Waals surface area contributed by atoms with Crippen molar-refractivity contribution < 1.29 is 22.7 Å². The third kappa shape index (κ3) is 5.55. The molecule has 0 unspecified atom stereocenters. The molecule has 1 fully saturated rings. The summed E-state index contributed by atoms with van der Waals surface area (Å²) in [5.74, 6) is -0.603. The van der Waals surface area contributed by atoms with Crippen LogP contribution in [0.1, 0.15) is 42.6 Å². The number of benzene rings is 2. The van der Waals surface area contributed by atoms with E-state index in [1.165, 1.54) is 39.9 Å². The minimum atomic E-state index is -3.61. The first-order valence-electron chi connectivity index (χ1n) is 11.6. The molecule has 1 aromatic heterocycles. The molecule has 0 spiro atoms. The van der Waals surface area contributed by atoms with E-state index in [1.54, 1.807) is 11.5 Å². The van der Waals surface area contributed by atoms with Crippen molar-refractivity contribution >= 4 is 43.5 Å². The van der Waals surface area contributed by atoms with Crippen molar-refractivity contribution in [3.05, 3.63) is 58.4 Å². The van der Waals surface area contributed by atoms with Gasteiger partial charge in [0.1, 0.15) is 6.54 Å². The van der Waals surface area contributed by atoms with Gasteiger partial charge in [-0.25, -0.2) is 8.42 Å². The molecule has 0 radical (unpaired) electrons. The zero-order valence-corrected chi connectivity index (χ0v) is 21.7. The predicted octanol–water partition coefficient (Wildman–Crippen LogP) is 3.74. The second kappa shape index (κ2) is 10.4. The van der Waals surface area contributed by atoms with Gasteiger partial charge in [-0.1, -0.05) is 24.3 Å². The first-order valence-corrected chi connectivity index (χ1v) is 13.9. The van der Waals surface area contributed by atoms with Gasteiger partial charge < -0.3 is 9.30 Å². The number of thiazole rings is 1. The molecular formula is C25H29N3O5S2. The average Bonchev–Trinajstić information content (AvgIpc) is 3.14. The molecule has 1 amide bonds. The number of rotatable bonds is 6. The second-order valence-electron chi connectivity index (χ2n) is 8.80. The van der Waals surface area contributed by atoms with Crippen LogP contribution < -0.4 is 4.80 Å². The van der Waals surface area contributed by atoms with Crippen LogP contribution in [0, 0.1) is 12.8 Å². The molecule has 2 heterocycles. The first kappa shape index (κ1) is 25.3. The molecule has 10 heteroatoms. The Bertz CT molecular complexity index is 1420. The lowest BCUT2D eigenvalue weighted by Gasteiger charge is -2.30. The van der Waals surface area contributed by atoms with Crippen LogP contribution in [0.4, 0.5) is 0 Å². The van der Waals surface area contributed by atoms with Crippen LogP contribution in [0.2, 0.25) is 0 Å². The minimum absolute atomic E-state index is 0.0611. The van der Waals surface area contributed by atoms with Gasteiger partial charge in [-0.15, -0.1) is 0 Å². The Hall–Kier alpha value is -2.82. The van der Waals surface area contributed by atoms with Crippen molar-refractivity contribution in [2.24, 2.45) is 10.9 Å². The van der Waals surface area contributed by atoms with Gasteiger partial charge in [-0.2, -0.15) is 9.30 Å². The molecule has 8 nitrogen and oxygen atoms in total. The lowest BCUT2D eigenvalue weighted by Crippen LogP contribution is -2.39. The number of aromatic nitrogens is 1. The third-order valence-corrected chi connectivity index (χ3v) is 8.91. The van der Waals surface area contributed by atoms with Gasteiger partial charge in [0.25, 0.3) is 5.91 Å². The first-order chi connectivity index (χ1) is 16.7. The standard InChI is InChI=1S/C25H29N3O5S2/c1-4-33-23(29)16-28-21-12-7-17(2)14-22(21)34-25(28)26-24(30)19-8-10-20(11-9-19)35(31,32)27-13-5-6-18(3)15-27/h7-12,14,18H,4-6,13,15-16H2,1-3H3/t18-/m0/s1. The maximum Gasteiger partial charge on any atom is 0.326 e. The molecule has 0 bridgehead atoms. The molecule has 3 aromatic rings. The molecule has 1 saturated heterocycles. The highest BCUT2D eigenvalue weighted by Crippen LogP contribution is 2.24. The van der Waals surface area contributed by atoms with E-state index in [0.717, 1.165) is 28.6 Å². The Kier molecular flexibility index (Phi) is 7.53. The van der Waals surface area contributed by atoms with Gasteiger partial charge >= 0.3 is 5.97 Å². The number of piperidine rings is 1. The fraction of sp³-hybridized carbons (Fsp3) is 0.400. The summed E-state index contributed by atoms with van der Waals surface area (Å²) in [4.78, 5) is 30.0. The summed E-state index contributed by atoms with van der Waals surface area (Å²) >= 11 is 1.31. The fourth-order valence-corrected chi connectivity index (χ4v) is 6.91. The van der Waals surface area contributed by atoms with Crippen molar-refractivity contribution in [3.63, 3.8) is 0 Å². The van der Waals surface area contributed by atoms with Crippen molar-refractivity contribution in [1.82, 2.24) is 8.87 Å². The quantitative estimate of drug-likeness (QED) is 0.466. The Balaban J connectivity index is 1.65. The number of nitrogens with zero attached hydrogens (tertiary/aromatic N) is 3. The van der Waals surface area contributed by atoms with Gasteiger partial charge in [-0.05, 0) is 74.6 Å². The molecule has 0 aliphatic carbocycles. The number of fused-ring (bicyclic) bond motifs is 1. The van der Waals surface area contributed by atoms with E-state index >= 15 is 0 Å². The second-order valence-corrected chi connectivity index (χ2v) is 11.7. The predicted molar refractivity (Wildman–Crippen MR) is 135 cm³/mol. The zero-order valence-electron chi connectivity index (χ0n) is 20.1. The molecule has 0 saturated carbocycles. The third-order valence-electron chi connectivity index (χ3n) is 5.99. The van der Waals surface area contributed by atoms with E-state index in [9.17, 15) is 18.0 Å². The maximum absolute atomic E-state index is 13.0. The van der Waals surface area contributed by atoms with Crippen LogP contribution in [-0.4, -0.2) is 48.9 Å². The van der Waals surface area contributed by atoms with E-state index in [1.807, 2.05) is 25.1 Å². The number of hydrogen-bond donors (Lipinski definition) is 0. The summed E-state index contributed by atoms with van der Waals surface area (Å²) in [6.07, 6.45) is 1.87. The van der Waals surface area contributed by atoms with Gasteiger partial charge in [-0.3, -0.25) is 9.59 Å². The number of amides is 1. The van der Waals surface area contributed by atoms with Gasteiger partial charge in [0.2, 0.25) is 10.0 Å². The average molecular weight is 516 g/mol. The Labute approximate surface area is 208 Å². The fourth-order valence-electron chi connectivity index (χ4n) is 4.19. The molecule has 1 atom stereocenters. The van der Waals surface area contributed by atoms with Crippen molar-refractivity contribution in [2.75, 3.05) is 19.7 Å². The Morgan fingerprint density at radius 1 is 1.17 bits per heavy atom. The molecule has 2 aromatic carbocycles. The van der Waals surface area contributed by atoms with Crippen molar-refractivity contribution in [2.45, 2.75) is 45.1 Å². The van der Waals surface area contributed by atoms with Crippen LogP contribution in [0.5, 0.6) is 0 Å². The summed E-state index contributed by atoms with van der Waals surface area (Å²) in [7, 11) is -3.61. The smallest absolute Gasteiger partial charge is 0.326 e. The molecular weight excluding hydrogens is 486 g/mol. The highest BCUT2D eigenvalue weighted by Gasteiger charge is 2.28. The van der Waals surface area contributed by atoms with Crippen molar-refractivity contribution in [1.29, 1.82) is 0 Å². The number of esters is 1. The lowest BCUT2D eigenvalue weighted by molar-refractivity contribution is -0.143. The Morgan fingerprint density at radius 3 is 2.60 bits per heavy atom. The number of carbonyl (C=O) groups excluding carboxylic acids is 2. The van der Waals surface area contributed by atoms with Gasteiger partial charge in [0.05, 0.1) is 21.7 Å². The van der Waals surface area contributed by atoms with E-state index in [4.69, 9.17) is 4.74 Å². The highest BCUT2D eigenvalue weighted by molar-refractivity contribution is 7.89. The van der Waals surface area contributed by atoms with Crippen LogP contribution in [-0.2, 0) is 26.1 Å². The monoisotopic (exact) mass is 515 g/mol. The van der Waals surface area contributed by atoms with Crippen LogP contribution in [0.15, 0.2) is 52.4 Å². The lowest BCUT2D eigenvalue weighted by atomic mass is 10.0. The zero-order chi connectivity index (χ0) is 25.2. The number of sulfonamides is 1. The molecule has 186 valence electrons. The number of ether oxygens (including phenoxy) is 1. The van der Waals surface area contributed by atoms with E-state index in [2.05, 4.69) is 11.9 Å². The van der Waals surface area contributed by atoms with Gasteiger partial charge in [0.15, 0.2) is 4.80 Å². The van der Waals surface area contributed by atoms with E-state index < -0.39 is 21.9 Å². The van der Waals surface area contributed by atoms with Gasteiger partial charge in [0, 0.05) is 18.7 Å².